The molecule has 0 radical (unpaired) electrons. The third-order valence-electron chi connectivity index (χ3n) is 4.28. The molecule has 0 N–H and O–H groups in total. The lowest BCUT2D eigenvalue weighted by Crippen LogP contribution is -2.37. The second kappa shape index (κ2) is 6.71. The number of amides is 3. The lowest BCUT2D eigenvalue weighted by atomic mass is 10.2. The number of imide groups is 1. The summed E-state index contributed by atoms with van der Waals surface area (Å²) in [4.78, 5) is 38.8. The Labute approximate surface area is 140 Å². The molecule has 2 fully saturated rings. The summed E-state index contributed by atoms with van der Waals surface area (Å²) in [5.41, 5.74) is 1.03. The minimum absolute atomic E-state index is 0.00468. The second-order valence-electron chi connectivity index (χ2n) is 6.07. The van der Waals surface area contributed by atoms with Crippen LogP contribution in [0.3, 0.4) is 0 Å². The van der Waals surface area contributed by atoms with Crippen molar-refractivity contribution >= 4 is 29.3 Å². The SMILES string of the molecule is O=C1CCC(=O)N1CCC(=O)N(Cc1ccc(Cl)cc1)C1CC1. The summed E-state index contributed by atoms with van der Waals surface area (Å²) < 4.78 is 0. The van der Waals surface area contributed by atoms with Gasteiger partial charge in [-0.25, -0.2) is 0 Å². The summed E-state index contributed by atoms with van der Waals surface area (Å²) in [6.45, 7) is 0.739. The fourth-order valence-corrected chi connectivity index (χ4v) is 2.94. The number of halogens is 1. The minimum atomic E-state index is -0.168. The Bertz CT molecular complexity index is 609. The highest BCUT2D eigenvalue weighted by Crippen LogP contribution is 2.29. The fourth-order valence-electron chi connectivity index (χ4n) is 2.82. The Morgan fingerprint density at radius 1 is 1.13 bits per heavy atom. The highest BCUT2D eigenvalue weighted by Gasteiger charge is 2.34. The van der Waals surface area contributed by atoms with Gasteiger partial charge in [0.2, 0.25) is 17.7 Å². The monoisotopic (exact) mass is 334 g/mol. The molecule has 6 heteroatoms. The molecular formula is C17H19ClN2O3. The Morgan fingerprint density at radius 3 is 2.30 bits per heavy atom. The molecule has 122 valence electrons. The predicted molar refractivity (Wildman–Crippen MR) is 85.6 cm³/mol. The van der Waals surface area contributed by atoms with E-state index in [2.05, 4.69) is 0 Å². The zero-order valence-corrected chi connectivity index (χ0v) is 13.6. The van der Waals surface area contributed by atoms with Crippen LogP contribution in [-0.4, -0.2) is 40.1 Å². The zero-order chi connectivity index (χ0) is 16.4. The van der Waals surface area contributed by atoms with Crippen molar-refractivity contribution in [3.63, 3.8) is 0 Å². The molecule has 0 aromatic heterocycles. The van der Waals surface area contributed by atoms with Crippen molar-refractivity contribution in [1.82, 2.24) is 9.80 Å². The first-order valence-corrected chi connectivity index (χ1v) is 8.29. The molecule has 1 saturated carbocycles. The maximum absolute atomic E-state index is 12.5. The van der Waals surface area contributed by atoms with Crippen molar-refractivity contribution in [2.24, 2.45) is 0 Å². The molecule has 0 bridgehead atoms. The van der Waals surface area contributed by atoms with E-state index in [1.54, 1.807) is 0 Å². The molecule has 1 aliphatic carbocycles. The number of hydrogen-bond donors (Lipinski definition) is 0. The predicted octanol–water partition coefficient (Wildman–Crippen LogP) is 2.37. The van der Waals surface area contributed by atoms with E-state index in [1.165, 1.54) is 4.90 Å². The standard InChI is InChI=1S/C17H19ClN2O3/c18-13-3-1-12(2-4-13)11-20(14-5-6-14)17(23)9-10-19-15(21)7-8-16(19)22/h1-4,14H,5-11H2. The number of carbonyl (C=O) groups is 3. The Kier molecular flexibility index (Phi) is 4.66. The van der Waals surface area contributed by atoms with Gasteiger partial charge in [0.05, 0.1) is 0 Å². The Morgan fingerprint density at radius 2 is 1.74 bits per heavy atom. The van der Waals surface area contributed by atoms with Crippen molar-refractivity contribution in [3.8, 4) is 0 Å². The maximum Gasteiger partial charge on any atom is 0.229 e. The van der Waals surface area contributed by atoms with Crippen LogP contribution in [0.25, 0.3) is 0 Å². The molecule has 5 nitrogen and oxygen atoms in total. The van der Waals surface area contributed by atoms with Crippen LogP contribution in [0.15, 0.2) is 24.3 Å². The molecule has 0 spiro atoms. The van der Waals surface area contributed by atoms with Crippen LogP contribution in [-0.2, 0) is 20.9 Å². The normalized spacial score (nSPS) is 17.7. The highest BCUT2D eigenvalue weighted by atomic mass is 35.5. The van der Waals surface area contributed by atoms with Crippen molar-refractivity contribution in [2.45, 2.75) is 44.7 Å². The third-order valence-corrected chi connectivity index (χ3v) is 4.53. The van der Waals surface area contributed by atoms with E-state index in [9.17, 15) is 14.4 Å². The molecule has 1 heterocycles. The molecule has 1 aromatic rings. The third kappa shape index (κ3) is 3.91. The van der Waals surface area contributed by atoms with Gasteiger partial charge in [-0.2, -0.15) is 0 Å². The lowest BCUT2D eigenvalue weighted by Gasteiger charge is -2.24. The van der Waals surface area contributed by atoms with Gasteiger partial charge in [-0.3, -0.25) is 19.3 Å². The van der Waals surface area contributed by atoms with Gasteiger partial charge in [-0.1, -0.05) is 23.7 Å². The van der Waals surface area contributed by atoms with E-state index in [1.807, 2.05) is 29.2 Å². The average Bonchev–Trinajstić information content (AvgIpc) is 3.32. The summed E-state index contributed by atoms with van der Waals surface area (Å²) in [6, 6.07) is 7.74. The van der Waals surface area contributed by atoms with E-state index >= 15 is 0 Å². The zero-order valence-electron chi connectivity index (χ0n) is 12.8. The van der Waals surface area contributed by atoms with Crippen LogP contribution in [0, 0.1) is 0 Å². The van der Waals surface area contributed by atoms with Crippen LogP contribution in [0.4, 0.5) is 0 Å². The molecule has 3 amide bonds. The molecule has 1 aliphatic heterocycles. The summed E-state index contributed by atoms with van der Waals surface area (Å²) >= 11 is 5.89. The smallest absolute Gasteiger partial charge is 0.229 e. The van der Waals surface area contributed by atoms with Gasteiger partial charge in [0, 0.05) is 43.4 Å². The molecule has 2 aliphatic rings. The molecule has 1 aromatic carbocycles. The minimum Gasteiger partial charge on any atom is -0.335 e. The Hall–Kier alpha value is -1.88. The molecule has 0 atom stereocenters. The number of nitrogens with zero attached hydrogens (tertiary/aromatic N) is 2. The van der Waals surface area contributed by atoms with E-state index in [-0.39, 0.29) is 49.6 Å². The van der Waals surface area contributed by atoms with E-state index in [0.29, 0.717) is 11.6 Å². The van der Waals surface area contributed by atoms with Crippen LogP contribution >= 0.6 is 11.6 Å². The van der Waals surface area contributed by atoms with Crippen LogP contribution < -0.4 is 0 Å². The second-order valence-corrected chi connectivity index (χ2v) is 6.50. The number of likely N-dealkylation sites (tertiary alicyclic amines) is 1. The van der Waals surface area contributed by atoms with Crippen molar-refractivity contribution in [3.05, 3.63) is 34.9 Å². The summed E-state index contributed by atoms with van der Waals surface area (Å²) in [7, 11) is 0. The lowest BCUT2D eigenvalue weighted by molar-refractivity contribution is -0.139. The van der Waals surface area contributed by atoms with Gasteiger partial charge in [0.15, 0.2) is 0 Å². The molecule has 3 rings (SSSR count). The molecule has 1 saturated heterocycles. The van der Waals surface area contributed by atoms with Gasteiger partial charge in [0.1, 0.15) is 0 Å². The van der Waals surface area contributed by atoms with Crippen LogP contribution in [0.5, 0.6) is 0 Å². The first kappa shape index (κ1) is 16.0. The Balaban J connectivity index is 1.59. The number of hydrogen-bond acceptors (Lipinski definition) is 3. The van der Waals surface area contributed by atoms with Crippen molar-refractivity contribution < 1.29 is 14.4 Å². The van der Waals surface area contributed by atoms with Gasteiger partial charge < -0.3 is 4.90 Å². The molecular weight excluding hydrogens is 316 g/mol. The van der Waals surface area contributed by atoms with Crippen LogP contribution in [0.1, 0.15) is 37.7 Å². The average molecular weight is 335 g/mol. The summed E-state index contributed by atoms with van der Waals surface area (Å²) in [5, 5.41) is 0.670. The highest BCUT2D eigenvalue weighted by molar-refractivity contribution is 6.30. The number of benzene rings is 1. The topological polar surface area (TPSA) is 57.7 Å². The van der Waals surface area contributed by atoms with E-state index < -0.39 is 0 Å². The van der Waals surface area contributed by atoms with Gasteiger partial charge in [-0.05, 0) is 30.5 Å². The van der Waals surface area contributed by atoms with E-state index in [0.717, 1.165) is 18.4 Å². The first-order valence-electron chi connectivity index (χ1n) is 7.91. The van der Waals surface area contributed by atoms with E-state index in [4.69, 9.17) is 11.6 Å². The van der Waals surface area contributed by atoms with Gasteiger partial charge in [0.25, 0.3) is 0 Å². The summed E-state index contributed by atoms with van der Waals surface area (Å²) in [6.07, 6.45) is 2.76. The first-order chi connectivity index (χ1) is 11.0. The van der Waals surface area contributed by atoms with Crippen LogP contribution in [0.2, 0.25) is 5.02 Å². The number of carbonyl (C=O) groups excluding carboxylic acids is 3. The quantitative estimate of drug-likeness (QED) is 0.750. The fraction of sp³-hybridized carbons (Fsp3) is 0.471. The van der Waals surface area contributed by atoms with Crippen molar-refractivity contribution in [1.29, 1.82) is 0 Å². The summed E-state index contributed by atoms with van der Waals surface area (Å²) in [5.74, 6) is -0.341. The number of rotatable bonds is 6. The van der Waals surface area contributed by atoms with Gasteiger partial charge >= 0.3 is 0 Å². The maximum atomic E-state index is 12.5. The van der Waals surface area contributed by atoms with Gasteiger partial charge in [-0.15, -0.1) is 0 Å². The molecule has 23 heavy (non-hydrogen) atoms. The molecule has 0 unspecified atom stereocenters. The van der Waals surface area contributed by atoms with Crippen molar-refractivity contribution in [2.75, 3.05) is 6.54 Å². The largest absolute Gasteiger partial charge is 0.335 e.